The van der Waals surface area contributed by atoms with Gasteiger partial charge >= 0.3 is 6.03 Å². The van der Waals surface area contributed by atoms with Crippen LogP contribution >= 0.6 is 0 Å². The Labute approximate surface area is 187 Å². The van der Waals surface area contributed by atoms with E-state index in [-0.39, 0.29) is 18.7 Å². The first-order valence-electron chi connectivity index (χ1n) is 10.7. The van der Waals surface area contributed by atoms with Crippen molar-refractivity contribution in [3.05, 3.63) is 46.8 Å². The third kappa shape index (κ3) is 3.74. The number of hydrogen-bond acceptors (Lipinski definition) is 5. The van der Waals surface area contributed by atoms with Crippen molar-refractivity contribution in [3.8, 4) is 11.5 Å². The van der Waals surface area contributed by atoms with Crippen LogP contribution in [0.25, 0.3) is 0 Å². The molecule has 0 unspecified atom stereocenters. The zero-order valence-corrected chi connectivity index (χ0v) is 19.2. The van der Waals surface area contributed by atoms with Gasteiger partial charge in [0.2, 0.25) is 0 Å². The van der Waals surface area contributed by atoms with Gasteiger partial charge in [-0.3, -0.25) is 14.5 Å². The summed E-state index contributed by atoms with van der Waals surface area (Å²) in [6, 6.07) is 7.13. The number of imide groups is 1. The van der Waals surface area contributed by atoms with Gasteiger partial charge in [0.25, 0.3) is 5.91 Å². The summed E-state index contributed by atoms with van der Waals surface area (Å²) in [6.07, 6.45) is 2.50. The van der Waals surface area contributed by atoms with E-state index < -0.39 is 17.5 Å². The van der Waals surface area contributed by atoms with E-state index in [1.165, 1.54) is 0 Å². The van der Waals surface area contributed by atoms with Gasteiger partial charge in [0.05, 0.1) is 20.8 Å². The van der Waals surface area contributed by atoms with Crippen molar-refractivity contribution in [1.82, 2.24) is 14.8 Å². The maximum Gasteiger partial charge on any atom is 0.325 e. The predicted molar refractivity (Wildman–Crippen MR) is 118 cm³/mol. The van der Waals surface area contributed by atoms with Crippen LogP contribution in [0.5, 0.6) is 11.5 Å². The molecule has 0 bridgehead atoms. The highest BCUT2D eigenvalue weighted by Crippen LogP contribution is 2.38. The van der Waals surface area contributed by atoms with Gasteiger partial charge in [-0.2, -0.15) is 0 Å². The number of Topliss-reactive ketones (excluding diaryl/α,β-unsaturated/α-hetero) is 1. The van der Waals surface area contributed by atoms with Gasteiger partial charge in [0.15, 0.2) is 17.3 Å². The highest BCUT2D eigenvalue weighted by molar-refractivity contribution is 6.11. The number of carbonyl (C=O) groups is 3. The van der Waals surface area contributed by atoms with Gasteiger partial charge in [0, 0.05) is 29.4 Å². The van der Waals surface area contributed by atoms with Crippen molar-refractivity contribution >= 4 is 17.7 Å². The molecule has 0 radical (unpaired) electrons. The van der Waals surface area contributed by atoms with E-state index >= 15 is 0 Å². The summed E-state index contributed by atoms with van der Waals surface area (Å²) < 4.78 is 12.8. The first-order valence-corrected chi connectivity index (χ1v) is 10.7. The van der Waals surface area contributed by atoms with Gasteiger partial charge < -0.3 is 19.4 Å². The molecule has 8 heteroatoms. The van der Waals surface area contributed by atoms with E-state index in [0.29, 0.717) is 23.1 Å². The number of aromatic nitrogens is 1. The van der Waals surface area contributed by atoms with Crippen molar-refractivity contribution in [2.45, 2.75) is 51.6 Å². The van der Waals surface area contributed by atoms with Crippen molar-refractivity contribution < 1.29 is 23.9 Å². The normalized spacial score (nSPS) is 20.5. The summed E-state index contributed by atoms with van der Waals surface area (Å²) in [5.41, 5.74) is 2.16. The molecule has 32 heavy (non-hydrogen) atoms. The molecular weight excluding hydrogens is 410 g/mol. The van der Waals surface area contributed by atoms with Crippen molar-refractivity contribution in [1.29, 1.82) is 0 Å². The summed E-state index contributed by atoms with van der Waals surface area (Å²) in [6.45, 7) is 5.30. The highest BCUT2D eigenvalue weighted by atomic mass is 16.5. The number of methoxy groups -OCH3 is 2. The van der Waals surface area contributed by atoms with Crippen LogP contribution in [0.1, 0.15) is 53.1 Å². The first kappa shape index (κ1) is 21.9. The molecule has 2 aromatic rings. The largest absolute Gasteiger partial charge is 0.493 e. The topological polar surface area (TPSA) is 89.9 Å². The summed E-state index contributed by atoms with van der Waals surface area (Å²) in [7, 11) is 3.09. The zero-order valence-electron chi connectivity index (χ0n) is 19.2. The minimum Gasteiger partial charge on any atom is -0.493 e. The second-order valence-corrected chi connectivity index (χ2v) is 8.83. The Kier molecular flexibility index (Phi) is 5.48. The van der Waals surface area contributed by atoms with Crippen LogP contribution in [-0.4, -0.2) is 53.5 Å². The summed E-state index contributed by atoms with van der Waals surface area (Å²) >= 11 is 0. The number of nitrogens with zero attached hydrogens (tertiary/aromatic N) is 2. The van der Waals surface area contributed by atoms with Crippen LogP contribution < -0.4 is 14.8 Å². The smallest absolute Gasteiger partial charge is 0.325 e. The lowest BCUT2D eigenvalue weighted by molar-refractivity contribution is -0.130. The number of benzene rings is 1. The Morgan fingerprint density at radius 3 is 2.44 bits per heavy atom. The van der Waals surface area contributed by atoms with Gasteiger partial charge in [0.1, 0.15) is 5.54 Å². The van der Waals surface area contributed by atoms with Gasteiger partial charge in [-0.05, 0) is 57.4 Å². The molecular formula is C24H29N3O5. The minimum absolute atomic E-state index is 0.233. The molecule has 3 amide bonds. The number of rotatable bonds is 8. The fraction of sp³-hybridized carbons (Fsp3) is 0.458. The van der Waals surface area contributed by atoms with E-state index in [9.17, 15) is 14.4 Å². The number of ether oxygens (including phenoxy) is 2. The highest BCUT2D eigenvalue weighted by Gasteiger charge is 2.48. The Morgan fingerprint density at radius 1 is 1.12 bits per heavy atom. The molecule has 1 saturated carbocycles. The molecule has 2 fully saturated rings. The Hall–Kier alpha value is -3.29. The van der Waals surface area contributed by atoms with Crippen LogP contribution in [0.15, 0.2) is 24.3 Å². The molecule has 1 atom stereocenters. The second-order valence-electron chi connectivity index (χ2n) is 8.83. The quantitative estimate of drug-likeness (QED) is 0.504. The summed E-state index contributed by atoms with van der Waals surface area (Å²) in [4.78, 5) is 39.9. The van der Waals surface area contributed by atoms with E-state index in [4.69, 9.17) is 9.47 Å². The SMILES string of the molecule is COc1ccc(C[C@@]2(C)NC(=O)N(CC(=O)c3cc(C)n(C4CC4)c3C)C2=O)cc1OC. The number of urea groups is 1. The molecule has 1 saturated heterocycles. The second kappa shape index (κ2) is 8.00. The minimum atomic E-state index is -1.15. The molecule has 8 nitrogen and oxygen atoms in total. The maximum absolute atomic E-state index is 13.2. The maximum atomic E-state index is 13.2. The number of nitrogens with one attached hydrogen (secondary N) is 1. The Bertz CT molecular complexity index is 1100. The van der Waals surface area contributed by atoms with E-state index in [2.05, 4.69) is 9.88 Å². The van der Waals surface area contributed by atoms with Crippen molar-refractivity contribution in [3.63, 3.8) is 0 Å². The third-order valence-electron chi connectivity index (χ3n) is 6.35. The molecule has 1 aromatic carbocycles. The molecule has 1 N–H and O–H groups in total. The van der Waals surface area contributed by atoms with E-state index in [0.717, 1.165) is 34.7 Å². The van der Waals surface area contributed by atoms with Crippen LogP contribution in [0.2, 0.25) is 0 Å². The van der Waals surface area contributed by atoms with Gasteiger partial charge in [-0.15, -0.1) is 0 Å². The number of carbonyl (C=O) groups excluding carboxylic acids is 3. The lowest BCUT2D eigenvalue weighted by Crippen LogP contribution is -2.46. The molecule has 1 aliphatic carbocycles. The fourth-order valence-corrected chi connectivity index (χ4v) is 4.59. The average molecular weight is 440 g/mol. The van der Waals surface area contributed by atoms with Crippen LogP contribution in [0.4, 0.5) is 4.79 Å². The van der Waals surface area contributed by atoms with E-state index in [1.54, 1.807) is 33.3 Å². The molecule has 1 aliphatic heterocycles. The third-order valence-corrected chi connectivity index (χ3v) is 6.35. The molecule has 1 aromatic heterocycles. The van der Waals surface area contributed by atoms with Crippen molar-refractivity contribution in [2.24, 2.45) is 0 Å². The fourth-order valence-electron chi connectivity index (χ4n) is 4.59. The zero-order chi connectivity index (χ0) is 23.2. The summed E-state index contributed by atoms with van der Waals surface area (Å²) in [5, 5.41) is 2.77. The molecule has 2 heterocycles. The van der Waals surface area contributed by atoms with Gasteiger partial charge in [-0.25, -0.2) is 4.79 Å². The lowest BCUT2D eigenvalue weighted by atomic mass is 9.92. The number of ketones is 1. The number of hydrogen-bond donors (Lipinski definition) is 1. The van der Waals surface area contributed by atoms with Crippen molar-refractivity contribution in [2.75, 3.05) is 20.8 Å². The Balaban J connectivity index is 1.51. The van der Waals surface area contributed by atoms with Gasteiger partial charge in [-0.1, -0.05) is 6.07 Å². The standard InChI is InChI=1S/C24H29N3O5/c1-14-10-18(15(2)27(14)17-7-8-17)19(28)13-26-22(29)24(3,25-23(26)30)12-16-6-9-20(31-4)21(11-16)32-5/h6,9-11,17H,7-8,12-13H2,1-5H3,(H,25,30)/t24-/m1/s1. The average Bonchev–Trinajstić information content (AvgIpc) is 3.51. The number of amides is 3. The lowest BCUT2D eigenvalue weighted by Gasteiger charge is -2.22. The Morgan fingerprint density at radius 2 is 1.81 bits per heavy atom. The predicted octanol–water partition coefficient (Wildman–Crippen LogP) is 3.19. The molecule has 0 spiro atoms. The van der Waals surface area contributed by atoms with Crippen LogP contribution in [0.3, 0.4) is 0 Å². The van der Waals surface area contributed by atoms with E-state index in [1.807, 2.05) is 26.0 Å². The molecule has 2 aliphatic rings. The monoisotopic (exact) mass is 439 g/mol. The first-order chi connectivity index (χ1) is 15.2. The molecule has 4 rings (SSSR count). The molecule has 170 valence electrons. The van der Waals surface area contributed by atoms with Crippen LogP contribution in [-0.2, 0) is 11.2 Å². The van der Waals surface area contributed by atoms with Crippen LogP contribution in [0, 0.1) is 13.8 Å². The number of aryl methyl sites for hydroxylation is 1. The summed E-state index contributed by atoms with van der Waals surface area (Å²) in [5.74, 6) is 0.480.